The number of nitrogen functional groups attached to an aromatic ring is 1. The Bertz CT molecular complexity index is 613. The van der Waals surface area contributed by atoms with Crippen molar-refractivity contribution in [3.05, 3.63) is 47.8 Å². The van der Waals surface area contributed by atoms with Crippen molar-refractivity contribution < 1.29 is 4.79 Å². The minimum atomic E-state index is -0.581. The third-order valence-corrected chi connectivity index (χ3v) is 3.66. The van der Waals surface area contributed by atoms with Crippen molar-refractivity contribution in [2.75, 3.05) is 12.3 Å². The fourth-order valence-electron chi connectivity index (χ4n) is 2.17. The number of anilines is 1. The highest BCUT2D eigenvalue weighted by molar-refractivity contribution is 5.87. The summed E-state index contributed by atoms with van der Waals surface area (Å²) in [5, 5.41) is 7.10. The summed E-state index contributed by atoms with van der Waals surface area (Å²) in [6.07, 6.45) is 4.55. The summed E-state index contributed by atoms with van der Waals surface area (Å²) < 4.78 is 1.76. The van der Waals surface area contributed by atoms with Crippen LogP contribution in [0.4, 0.5) is 5.69 Å². The summed E-state index contributed by atoms with van der Waals surface area (Å²) in [6.45, 7) is 4.43. The topological polar surface area (TPSA) is 72.9 Å². The molecule has 5 heteroatoms. The average molecular weight is 286 g/mol. The van der Waals surface area contributed by atoms with Crippen LogP contribution >= 0.6 is 0 Å². The Morgan fingerprint density at radius 2 is 2.00 bits per heavy atom. The van der Waals surface area contributed by atoms with Gasteiger partial charge in [-0.3, -0.25) is 9.48 Å². The molecule has 0 saturated heterocycles. The fraction of sp³-hybridized carbons (Fsp3) is 0.375. The highest BCUT2D eigenvalue weighted by Gasteiger charge is 2.29. The van der Waals surface area contributed by atoms with Gasteiger partial charge in [0.15, 0.2) is 0 Å². The first-order chi connectivity index (χ1) is 9.89. The standard InChI is InChI=1S/C16H22N4O/c1-16(2,13-4-6-14(17)7-5-13)15(21)18-9-8-12-10-19-20(3)11-12/h4-7,10-11H,8-9,17H2,1-3H3,(H,18,21). The van der Waals surface area contributed by atoms with Crippen LogP contribution in [0.25, 0.3) is 0 Å². The molecule has 1 aromatic heterocycles. The molecular weight excluding hydrogens is 264 g/mol. The van der Waals surface area contributed by atoms with Gasteiger partial charge in [-0.1, -0.05) is 12.1 Å². The lowest BCUT2D eigenvalue weighted by atomic mass is 9.83. The number of carbonyl (C=O) groups excluding carboxylic acids is 1. The Morgan fingerprint density at radius 3 is 2.57 bits per heavy atom. The van der Waals surface area contributed by atoms with Crippen LogP contribution < -0.4 is 11.1 Å². The zero-order chi connectivity index (χ0) is 15.5. The molecule has 21 heavy (non-hydrogen) atoms. The average Bonchev–Trinajstić information content (AvgIpc) is 2.85. The van der Waals surface area contributed by atoms with Crippen molar-refractivity contribution in [3.8, 4) is 0 Å². The summed E-state index contributed by atoms with van der Waals surface area (Å²) in [5.41, 5.74) is 7.87. The van der Waals surface area contributed by atoms with Gasteiger partial charge in [0, 0.05) is 25.5 Å². The van der Waals surface area contributed by atoms with Crippen LogP contribution in [0.3, 0.4) is 0 Å². The molecule has 2 rings (SSSR count). The number of aromatic nitrogens is 2. The lowest BCUT2D eigenvalue weighted by molar-refractivity contribution is -0.125. The van der Waals surface area contributed by atoms with Gasteiger partial charge >= 0.3 is 0 Å². The number of amides is 1. The van der Waals surface area contributed by atoms with E-state index >= 15 is 0 Å². The number of nitrogens with zero attached hydrogens (tertiary/aromatic N) is 2. The molecule has 0 aliphatic carbocycles. The number of nitrogens with one attached hydrogen (secondary N) is 1. The zero-order valence-corrected chi connectivity index (χ0v) is 12.8. The molecule has 0 aliphatic heterocycles. The number of carbonyl (C=O) groups is 1. The van der Waals surface area contributed by atoms with Gasteiger partial charge in [-0.05, 0) is 43.5 Å². The molecule has 1 heterocycles. The van der Waals surface area contributed by atoms with Gasteiger partial charge in [-0.25, -0.2) is 0 Å². The quantitative estimate of drug-likeness (QED) is 0.821. The van der Waals surface area contributed by atoms with Gasteiger partial charge in [-0.2, -0.15) is 5.10 Å². The molecule has 0 bridgehead atoms. The van der Waals surface area contributed by atoms with Crippen LogP contribution in [0.5, 0.6) is 0 Å². The number of nitrogens with two attached hydrogens (primary N) is 1. The minimum absolute atomic E-state index is 0.0103. The first-order valence-electron chi connectivity index (χ1n) is 7.01. The van der Waals surface area contributed by atoms with E-state index in [1.54, 1.807) is 4.68 Å². The normalized spacial score (nSPS) is 11.4. The van der Waals surface area contributed by atoms with Crippen LogP contribution in [0.2, 0.25) is 0 Å². The molecule has 2 aromatic rings. The summed E-state index contributed by atoms with van der Waals surface area (Å²) >= 11 is 0. The maximum absolute atomic E-state index is 12.4. The maximum atomic E-state index is 12.4. The fourth-order valence-corrected chi connectivity index (χ4v) is 2.17. The second-order valence-electron chi connectivity index (χ2n) is 5.78. The van der Waals surface area contributed by atoms with Crippen molar-refractivity contribution >= 4 is 11.6 Å². The summed E-state index contributed by atoms with van der Waals surface area (Å²) in [6, 6.07) is 7.44. The Labute approximate surface area is 125 Å². The molecule has 3 N–H and O–H groups in total. The Balaban J connectivity index is 1.93. The van der Waals surface area contributed by atoms with Crippen LogP contribution in [0.1, 0.15) is 25.0 Å². The van der Waals surface area contributed by atoms with E-state index in [1.807, 2.05) is 57.6 Å². The van der Waals surface area contributed by atoms with Gasteiger partial charge in [0.25, 0.3) is 0 Å². The van der Waals surface area contributed by atoms with Crippen LogP contribution in [-0.4, -0.2) is 22.2 Å². The summed E-state index contributed by atoms with van der Waals surface area (Å²) in [4.78, 5) is 12.4. The predicted octanol–water partition coefficient (Wildman–Crippen LogP) is 1.64. The second kappa shape index (κ2) is 5.99. The molecule has 5 nitrogen and oxygen atoms in total. The van der Waals surface area contributed by atoms with Crippen molar-refractivity contribution in [1.29, 1.82) is 0 Å². The third kappa shape index (κ3) is 3.62. The minimum Gasteiger partial charge on any atom is -0.399 e. The molecule has 0 fully saturated rings. The van der Waals surface area contributed by atoms with Gasteiger partial charge in [0.2, 0.25) is 5.91 Å². The van der Waals surface area contributed by atoms with E-state index in [0.717, 1.165) is 17.5 Å². The first-order valence-corrected chi connectivity index (χ1v) is 7.01. The summed E-state index contributed by atoms with van der Waals surface area (Å²) in [5.74, 6) is 0.0103. The number of rotatable bonds is 5. The monoisotopic (exact) mass is 286 g/mol. The van der Waals surface area contributed by atoms with Gasteiger partial charge in [-0.15, -0.1) is 0 Å². The van der Waals surface area contributed by atoms with Crippen molar-refractivity contribution in [2.24, 2.45) is 7.05 Å². The van der Waals surface area contributed by atoms with Crippen LogP contribution in [-0.2, 0) is 23.7 Å². The maximum Gasteiger partial charge on any atom is 0.230 e. The van der Waals surface area contributed by atoms with Crippen molar-refractivity contribution in [1.82, 2.24) is 15.1 Å². The SMILES string of the molecule is Cn1cc(CCNC(=O)C(C)(C)c2ccc(N)cc2)cn1. The Kier molecular flexibility index (Phi) is 4.31. The molecule has 0 radical (unpaired) electrons. The smallest absolute Gasteiger partial charge is 0.230 e. The van der Waals surface area contributed by atoms with E-state index in [0.29, 0.717) is 12.2 Å². The van der Waals surface area contributed by atoms with E-state index in [4.69, 9.17) is 5.73 Å². The largest absolute Gasteiger partial charge is 0.399 e. The molecule has 112 valence electrons. The van der Waals surface area contributed by atoms with Gasteiger partial charge in [0.1, 0.15) is 0 Å². The highest BCUT2D eigenvalue weighted by Crippen LogP contribution is 2.24. The van der Waals surface area contributed by atoms with E-state index in [-0.39, 0.29) is 5.91 Å². The van der Waals surface area contributed by atoms with Crippen LogP contribution in [0.15, 0.2) is 36.7 Å². The van der Waals surface area contributed by atoms with E-state index in [9.17, 15) is 4.79 Å². The number of hydrogen-bond acceptors (Lipinski definition) is 3. The predicted molar refractivity (Wildman–Crippen MR) is 83.8 cm³/mol. The Morgan fingerprint density at radius 1 is 1.33 bits per heavy atom. The molecule has 1 aromatic carbocycles. The first kappa shape index (κ1) is 15.1. The molecule has 0 spiro atoms. The molecule has 0 unspecified atom stereocenters. The van der Waals surface area contributed by atoms with E-state index < -0.39 is 5.41 Å². The molecule has 0 aliphatic rings. The highest BCUT2D eigenvalue weighted by atomic mass is 16.2. The molecular formula is C16H22N4O. The number of benzene rings is 1. The second-order valence-corrected chi connectivity index (χ2v) is 5.78. The van der Waals surface area contributed by atoms with Crippen molar-refractivity contribution in [2.45, 2.75) is 25.7 Å². The number of hydrogen-bond donors (Lipinski definition) is 2. The van der Waals surface area contributed by atoms with E-state index in [1.165, 1.54) is 0 Å². The zero-order valence-electron chi connectivity index (χ0n) is 12.8. The third-order valence-electron chi connectivity index (χ3n) is 3.66. The molecule has 1 amide bonds. The van der Waals surface area contributed by atoms with E-state index in [2.05, 4.69) is 10.4 Å². The van der Waals surface area contributed by atoms with Crippen LogP contribution in [0, 0.1) is 0 Å². The molecule has 0 atom stereocenters. The van der Waals surface area contributed by atoms with Crippen molar-refractivity contribution in [3.63, 3.8) is 0 Å². The van der Waals surface area contributed by atoms with Gasteiger partial charge in [0.05, 0.1) is 11.6 Å². The lowest BCUT2D eigenvalue weighted by Crippen LogP contribution is -2.40. The Hall–Kier alpha value is -2.30. The lowest BCUT2D eigenvalue weighted by Gasteiger charge is -2.24. The summed E-state index contributed by atoms with van der Waals surface area (Å²) in [7, 11) is 1.88. The number of aryl methyl sites for hydroxylation is 1. The molecule has 0 saturated carbocycles. The van der Waals surface area contributed by atoms with Gasteiger partial charge < -0.3 is 11.1 Å².